The Hall–Kier alpha value is -3.44. The molecule has 30 heavy (non-hydrogen) atoms. The molecule has 4 nitrogen and oxygen atoms in total. The average Bonchev–Trinajstić information content (AvgIpc) is 3.20. The minimum Gasteiger partial charge on any atom is -0.456 e. The highest BCUT2D eigenvalue weighted by Crippen LogP contribution is 2.26. The van der Waals surface area contributed by atoms with Gasteiger partial charge < -0.3 is 4.42 Å². The molecule has 5 aromatic rings. The first-order chi connectivity index (χ1) is 14.7. The van der Waals surface area contributed by atoms with Crippen molar-refractivity contribution in [3.05, 3.63) is 89.3 Å². The number of benzene rings is 3. The van der Waals surface area contributed by atoms with Crippen LogP contribution in [0, 0.1) is 6.92 Å². The molecule has 5 heteroatoms. The Bertz CT molecular complexity index is 1380. The molecule has 0 aliphatic heterocycles. The zero-order valence-corrected chi connectivity index (χ0v) is 17.7. The molecule has 5 rings (SSSR count). The fourth-order valence-electron chi connectivity index (χ4n) is 3.42. The number of para-hydroxylation sites is 1. The highest BCUT2D eigenvalue weighted by Gasteiger charge is 2.08. The standard InChI is InChI=1S/C25H21N3OS/c1-3-17-10-13-22-19(14-17)21(15-23(29-22)18-11-8-16(2)9-12-18)27-28-25-26-20-6-4-5-7-24(20)30-25/h4-15H,3H2,1-2H3,(H,26,28). The Labute approximate surface area is 178 Å². The van der Waals surface area contributed by atoms with Crippen molar-refractivity contribution in [1.82, 2.24) is 4.98 Å². The van der Waals surface area contributed by atoms with Crippen LogP contribution in [0.2, 0.25) is 0 Å². The normalized spacial score (nSPS) is 12.0. The van der Waals surface area contributed by atoms with E-state index in [9.17, 15) is 0 Å². The molecule has 0 saturated carbocycles. The Morgan fingerprint density at radius 2 is 1.83 bits per heavy atom. The molecule has 148 valence electrons. The SMILES string of the molecule is CCc1ccc2oc(-c3ccc(C)cc3)cc(=NNc3nc4ccccc4s3)c2c1. The lowest BCUT2D eigenvalue weighted by molar-refractivity contribution is 0.618. The van der Waals surface area contributed by atoms with E-state index >= 15 is 0 Å². The van der Waals surface area contributed by atoms with Gasteiger partial charge in [0.25, 0.3) is 0 Å². The highest BCUT2D eigenvalue weighted by molar-refractivity contribution is 7.22. The number of nitrogens with one attached hydrogen (secondary N) is 1. The molecule has 0 aliphatic rings. The van der Waals surface area contributed by atoms with Crippen LogP contribution in [-0.4, -0.2) is 4.98 Å². The molecule has 0 bridgehead atoms. The summed E-state index contributed by atoms with van der Waals surface area (Å²) >= 11 is 1.59. The quantitative estimate of drug-likeness (QED) is 0.343. The summed E-state index contributed by atoms with van der Waals surface area (Å²) in [5.41, 5.74) is 8.44. The first kappa shape index (κ1) is 18.6. The number of aryl methyl sites for hydroxylation is 2. The summed E-state index contributed by atoms with van der Waals surface area (Å²) in [6.07, 6.45) is 0.959. The van der Waals surface area contributed by atoms with Crippen LogP contribution in [0.3, 0.4) is 0 Å². The average molecular weight is 412 g/mol. The van der Waals surface area contributed by atoms with Gasteiger partial charge in [-0.15, -0.1) is 0 Å². The summed E-state index contributed by atoms with van der Waals surface area (Å²) in [5, 5.41) is 7.31. The molecule has 0 amide bonds. The lowest BCUT2D eigenvalue weighted by Crippen LogP contribution is -2.07. The fraction of sp³-hybridized carbons (Fsp3) is 0.120. The molecule has 3 aromatic carbocycles. The lowest BCUT2D eigenvalue weighted by Gasteiger charge is -2.07. The van der Waals surface area contributed by atoms with E-state index in [0.717, 1.165) is 49.4 Å². The predicted octanol–water partition coefficient (Wildman–Crippen LogP) is 6.51. The number of aromatic nitrogens is 1. The second-order valence-corrected chi connectivity index (χ2v) is 8.29. The maximum absolute atomic E-state index is 6.23. The van der Waals surface area contributed by atoms with Gasteiger partial charge in [-0.3, -0.25) is 5.43 Å². The van der Waals surface area contributed by atoms with Gasteiger partial charge >= 0.3 is 0 Å². The van der Waals surface area contributed by atoms with Gasteiger partial charge in [-0.05, 0) is 43.2 Å². The van der Waals surface area contributed by atoms with Gasteiger partial charge in [0.15, 0.2) is 0 Å². The van der Waals surface area contributed by atoms with Crippen LogP contribution in [0.5, 0.6) is 0 Å². The smallest absolute Gasteiger partial charge is 0.204 e. The van der Waals surface area contributed by atoms with Crippen molar-refractivity contribution < 1.29 is 4.42 Å². The van der Waals surface area contributed by atoms with Gasteiger partial charge in [-0.25, -0.2) is 4.98 Å². The van der Waals surface area contributed by atoms with Crippen LogP contribution >= 0.6 is 11.3 Å². The topological polar surface area (TPSA) is 50.4 Å². The van der Waals surface area contributed by atoms with Crippen molar-refractivity contribution in [1.29, 1.82) is 0 Å². The third-order valence-corrected chi connectivity index (χ3v) is 6.06. The number of thiazole rings is 1. The van der Waals surface area contributed by atoms with Crippen LogP contribution in [0.15, 0.2) is 82.3 Å². The summed E-state index contributed by atoms with van der Waals surface area (Å²) in [4.78, 5) is 4.62. The molecule has 0 aliphatic carbocycles. The first-order valence-electron chi connectivity index (χ1n) is 9.99. The van der Waals surface area contributed by atoms with Crippen LogP contribution in [0.25, 0.3) is 32.5 Å². The molecule has 0 spiro atoms. The summed E-state index contributed by atoms with van der Waals surface area (Å²) in [7, 11) is 0. The van der Waals surface area contributed by atoms with Gasteiger partial charge in [0.2, 0.25) is 5.13 Å². The molecule has 0 atom stereocenters. The zero-order valence-electron chi connectivity index (χ0n) is 16.8. The van der Waals surface area contributed by atoms with Gasteiger partial charge in [0.1, 0.15) is 11.3 Å². The Morgan fingerprint density at radius 1 is 1.00 bits per heavy atom. The minimum atomic E-state index is 0.772. The predicted molar refractivity (Wildman–Crippen MR) is 125 cm³/mol. The molecule has 1 N–H and O–H groups in total. The molecule has 0 unspecified atom stereocenters. The number of anilines is 1. The summed E-state index contributed by atoms with van der Waals surface area (Å²) < 4.78 is 7.36. The monoisotopic (exact) mass is 411 g/mol. The highest BCUT2D eigenvalue weighted by atomic mass is 32.1. The van der Waals surface area contributed by atoms with E-state index in [2.05, 4.69) is 66.7 Å². The first-order valence-corrected chi connectivity index (χ1v) is 10.8. The second kappa shape index (κ2) is 7.76. The van der Waals surface area contributed by atoms with Crippen molar-refractivity contribution in [2.75, 3.05) is 5.43 Å². The molecule has 0 saturated heterocycles. The summed E-state index contributed by atoms with van der Waals surface area (Å²) in [6, 6.07) is 24.7. The minimum absolute atomic E-state index is 0.772. The Balaban J connectivity index is 1.65. The molecule has 0 fully saturated rings. The van der Waals surface area contributed by atoms with Crippen LogP contribution < -0.4 is 10.8 Å². The molecule has 2 aromatic heterocycles. The van der Waals surface area contributed by atoms with Crippen LogP contribution in [0.4, 0.5) is 5.13 Å². The maximum atomic E-state index is 6.23. The summed E-state index contributed by atoms with van der Waals surface area (Å²) in [6.45, 7) is 4.23. The number of rotatable bonds is 4. The fourth-order valence-corrected chi connectivity index (χ4v) is 4.23. The van der Waals surface area contributed by atoms with Crippen LogP contribution in [0.1, 0.15) is 18.1 Å². The van der Waals surface area contributed by atoms with E-state index in [4.69, 9.17) is 9.52 Å². The molecular formula is C25H21N3OS. The third kappa shape index (κ3) is 3.60. The molecule has 2 heterocycles. The molecule has 0 radical (unpaired) electrons. The van der Waals surface area contributed by atoms with Crippen molar-refractivity contribution in [2.45, 2.75) is 20.3 Å². The Kier molecular flexibility index (Phi) is 4.81. The zero-order chi connectivity index (χ0) is 20.5. The van der Waals surface area contributed by atoms with Gasteiger partial charge in [0, 0.05) is 17.0 Å². The third-order valence-electron chi connectivity index (χ3n) is 5.12. The van der Waals surface area contributed by atoms with Crippen molar-refractivity contribution in [3.63, 3.8) is 0 Å². The largest absolute Gasteiger partial charge is 0.456 e. The Morgan fingerprint density at radius 3 is 2.63 bits per heavy atom. The van der Waals surface area contributed by atoms with E-state index in [0.29, 0.717) is 0 Å². The van der Waals surface area contributed by atoms with Crippen molar-refractivity contribution in [2.24, 2.45) is 5.10 Å². The number of nitrogens with zero attached hydrogens (tertiary/aromatic N) is 2. The van der Waals surface area contributed by atoms with E-state index in [1.165, 1.54) is 11.1 Å². The maximum Gasteiger partial charge on any atom is 0.204 e. The number of hydrogen-bond acceptors (Lipinski definition) is 5. The molecular weight excluding hydrogens is 390 g/mol. The number of fused-ring (bicyclic) bond motifs is 2. The van der Waals surface area contributed by atoms with E-state index in [-0.39, 0.29) is 0 Å². The van der Waals surface area contributed by atoms with Gasteiger partial charge in [0.05, 0.1) is 15.6 Å². The van der Waals surface area contributed by atoms with Crippen molar-refractivity contribution >= 4 is 37.7 Å². The van der Waals surface area contributed by atoms with E-state index < -0.39 is 0 Å². The second-order valence-electron chi connectivity index (χ2n) is 7.26. The van der Waals surface area contributed by atoms with E-state index in [1.54, 1.807) is 11.3 Å². The van der Waals surface area contributed by atoms with E-state index in [1.807, 2.05) is 30.3 Å². The van der Waals surface area contributed by atoms with Crippen LogP contribution in [-0.2, 0) is 6.42 Å². The van der Waals surface area contributed by atoms with Gasteiger partial charge in [-0.1, -0.05) is 66.3 Å². The van der Waals surface area contributed by atoms with Gasteiger partial charge in [-0.2, -0.15) is 5.10 Å². The van der Waals surface area contributed by atoms with Crippen molar-refractivity contribution in [3.8, 4) is 11.3 Å². The summed E-state index contributed by atoms with van der Waals surface area (Å²) in [5.74, 6) is 0.789. The lowest BCUT2D eigenvalue weighted by atomic mass is 10.1. The number of hydrogen-bond donors (Lipinski definition) is 1.